The minimum Gasteiger partial charge on any atom is -0.332 e. The van der Waals surface area contributed by atoms with Crippen molar-refractivity contribution >= 4 is 12.0 Å². The van der Waals surface area contributed by atoms with Gasteiger partial charge in [-0.25, -0.2) is 0 Å². The molecule has 0 unspecified atom stereocenters. The minimum atomic E-state index is 0.0586. The Kier molecular flexibility index (Phi) is 2.12. The molecule has 2 nitrogen and oxygen atoms in total. The Morgan fingerprint density at radius 1 is 1.21 bits per heavy atom. The summed E-state index contributed by atoms with van der Waals surface area (Å²) in [6.07, 6.45) is 4.14. The van der Waals surface area contributed by atoms with E-state index in [1.165, 1.54) is 11.1 Å². The highest BCUT2D eigenvalue weighted by molar-refractivity contribution is 5.83. The molecular formula is C12H13NO. The fourth-order valence-corrected chi connectivity index (χ4v) is 1.65. The van der Waals surface area contributed by atoms with Gasteiger partial charge in [0.2, 0.25) is 5.91 Å². The van der Waals surface area contributed by atoms with Gasteiger partial charge in [0.15, 0.2) is 0 Å². The first-order chi connectivity index (χ1) is 6.66. The van der Waals surface area contributed by atoms with E-state index in [1.54, 1.807) is 6.20 Å². The molecule has 0 saturated heterocycles. The summed E-state index contributed by atoms with van der Waals surface area (Å²) >= 11 is 0. The monoisotopic (exact) mass is 187 g/mol. The lowest BCUT2D eigenvalue weighted by molar-refractivity contribution is -0.119. The van der Waals surface area contributed by atoms with E-state index in [2.05, 4.69) is 31.3 Å². The van der Waals surface area contributed by atoms with Crippen LogP contribution in [0.25, 0.3) is 6.08 Å². The molecule has 0 spiro atoms. The number of aryl methyl sites for hydroxylation is 2. The van der Waals surface area contributed by atoms with Gasteiger partial charge in [0.1, 0.15) is 0 Å². The number of hydrogen-bond acceptors (Lipinski definition) is 1. The number of carbonyl (C=O) groups is 1. The molecule has 0 fully saturated rings. The quantitative estimate of drug-likeness (QED) is 0.660. The Morgan fingerprint density at radius 2 is 1.93 bits per heavy atom. The van der Waals surface area contributed by atoms with Crippen LogP contribution in [0.2, 0.25) is 0 Å². The van der Waals surface area contributed by atoms with E-state index in [0.29, 0.717) is 6.42 Å². The van der Waals surface area contributed by atoms with Gasteiger partial charge < -0.3 is 5.32 Å². The van der Waals surface area contributed by atoms with Crippen LogP contribution in [0.5, 0.6) is 0 Å². The van der Waals surface area contributed by atoms with Crippen LogP contribution in [-0.2, 0) is 11.2 Å². The molecule has 1 amide bonds. The van der Waals surface area contributed by atoms with Crippen LogP contribution in [0.4, 0.5) is 0 Å². The van der Waals surface area contributed by atoms with Crippen molar-refractivity contribution in [1.82, 2.24) is 5.32 Å². The van der Waals surface area contributed by atoms with Crippen LogP contribution in [-0.4, -0.2) is 5.91 Å². The van der Waals surface area contributed by atoms with Crippen molar-refractivity contribution < 1.29 is 4.79 Å². The number of benzene rings is 1. The second-order valence-electron chi connectivity index (χ2n) is 3.71. The Balaban J connectivity index is 2.55. The van der Waals surface area contributed by atoms with Crippen molar-refractivity contribution in [3.63, 3.8) is 0 Å². The van der Waals surface area contributed by atoms with Gasteiger partial charge in [0.05, 0.1) is 6.42 Å². The number of hydrogen-bond donors (Lipinski definition) is 1. The Labute approximate surface area is 83.6 Å². The lowest BCUT2D eigenvalue weighted by atomic mass is 9.98. The zero-order valence-electron chi connectivity index (χ0n) is 8.42. The maximum absolute atomic E-state index is 11.3. The molecule has 1 heterocycles. The Hall–Kier alpha value is -1.57. The first-order valence-corrected chi connectivity index (χ1v) is 4.73. The standard InChI is InChI=1S/C12H13NO/c1-8-5-10-3-4-13-12(14)7-11(10)6-9(8)2/h3-6H,7H2,1-2H3,(H,13,14). The summed E-state index contributed by atoms with van der Waals surface area (Å²) < 4.78 is 0. The summed E-state index contributed by atoms with van der Waals surface area (Å²) in [5.74, 6) is 0.0586. The first kappa shape index (κ1) is 9.00. The van der Waals surface area contributed by atoms with E-state index in [9.17, 15) is 4.79 Å². The van der Waals surface area contributed by atoms with Gasteiger partial charge in [0, 0.05) is 6.20 Å². The molecule has 1 aromatic carbocycles. The number of nitrogens with one attached hydrogen (secondary N) is 1. The van der Waals surface area contributed by atoms with E-state index in [-0.39, 0.29) is 5.91 Å². The zero-order valence-corrected chi connectivity index (χ0v) is 8.42. The predicted octanol–water partition coefficient (Wildman–Crippen LogP) is 1.95. The van der Waals surface area contributed by atoms with Crippen LogP contribution in [0.1, 0.15) is 22.3 Å². The summed E-state index contributed by atoms with van der Waals surface area (Å²) in [5, 5.41) is 2.71. The topological polar surface area (TPSA) is 29.1 Å². The molecule has 14 heavy (non-hydrogen) atoms. The van der Waals surface area contributed by atoms with Crippen LogP contribution >= 0.6 is 0 Å². The zero-order chi connectivity index (χ0) is 10.1. The first-order valence-electron chi connectivity index (χ1n) is 4.73. The third-order valence-electron chi connectivity index (χ3n) is 2.61. The molecule has 0 aliphatic carbocycles. The van der Waals surface area contributed by atoms with E-state index in [1.807, 2.05) is 6.08 Å². The average Bonchev–Trinajstić information content (AvgIpc) is 2.28. The molecule has 0 radical (unpaired) electrons. The van der Waals surface area contributed by atoms with Gasteiger partial charge in [0.25, 0.3) is 0 Å². The van der Waals surface area contributed by atoms with Crippen molar-refractivity contribution in [2.24, 2.45) is 0 Å². The molecule has 72 valence electrons. The van der Waals surface area contributed by atoms with Crippen LogP contribution in [0.3, 0.4) is 0 Å². The third-order valence-corrected chi connectivity index (χ3v) is 2.61. The summed E-state index contributed by atoms with van der Waals surface area (Å²) in [4.78, 5) is 11.3. The van der Waals surface area contributed by atoms with Crippen molar-refractivity contribution in [2.45, 2.75) is 20.3 Å². The van der Waals surface area contributed by atoms with E-state index < -0.39 is 0 Å². The molecule has 0 aromatic heterocycles. The fraction of sp³-hybridized carbons (Fsp3) is 0.250. The van der Waals surface area contributed by atoms with Crippen molar-refractivity contribution in [3.8, 4) is 0 Å². The largest absolute Gasteiger partial charge is 0.332 e. The van der Waals surface area contributed by atoms with Gasteiger partial charge >= 0.3 is 0 Å². The smallest absolute Gasteiger partial charge is 0.228 e. The number of fused-ring (bicyclic) bond motifs is 1. The number of amides is 1. The molecule has 2 rings (SSSR count). The normalized spacial score (nSPS) is 14.6. The highest BCUT2D eigenvalue weighted by atomic mass is 16.1. The minimum absolute atomic E-state index is 0.0586. The van der Waals surface area contributed by atoms with Gasteiger partial charge in [-0.1, -0.05) is 12.1 Å². The van der Waals surface area contributed by atoms with Gasteiger partial charge in [-0.3, -0.25) is 4.79 Å². The van der Waals surface area contributed by atoms with Gasteiger partial charge in [-0.2, -0.15) is 0 Å². The Bertz CT molecular complexity index is 419. The molecule has 0 atom stereocenters. The summed E-state index contributed by atoms with van der Waals surface area (Å²) in [5.41, 5.74) is 4.76. The van der Waals surface area contributed by atoms with Crippen molar-refractivity contribution in [1.29, 1.82) is 0 Å². The SMILES string of the molecule is Cc1cc2c(cc1C)CC(=O)NC=C2. The highest BCUT2D eigenvalue weighted by Crippen LogP contribution is 2.19. The van der Waals surface area contributed by atoms with Gasteiger partial charge in [-0.15, -0.1) is 0 Å². The lowest BCUT2D eigenvalue weighted by Crippen LogP contribution is -2.17. The summed E-state index contributed by atoms with van der Waals surface area (Å²) in [7, 11) is 0. The summed E-state index contributed by atoms with van der Waals surface area (Å²) in [6, 6.07) is 4.22. The predicted molar refractivity (Wildman–Crippen MR) is 56.8 cm³/mol. The lowest BCUT2D eigenvalue weighted by Gasteiger charge is -2.07. The molecule has 1 aliphatic rings. The molecule has 1 aliphatic heterocycles. The Morgan fingerprint density at radius 3 is 2.71 bits per heavy atom. The molecule has 0 bridgehead atoms. The molecule has 2 heteroatoms. The number of carbonyl (C=O) groups excluding carboxylic acids is 1. The van der Waals surface area contributed by atoms with Crippen LogP contribution in [0, 0.1) is 13.8 Å². The van der Waals surface area contributed by atoms with E-state index in [0.717, 1.165) is 11.1 Å². The molecule has 1 aromatic rings. The molecule has 1 N–H and O–H groups in total. The summed E-state index contributed by atoms with van der Waals surface area (Å²) in [6.45, 7) is 4.16. The van der Waals surface area contributed by atoms with Crippen molar-refractivity contribution in [3.05, 3.63) is 40.6 Å². The van der Waals surface area contributed by atoms with Gasteiger partial charge in [-0.05, 0) is 42.2 Å². The van der Waals surface area contributed by atoms with Crippen LogP contribution in [0.15, 0.2) is 18.3 Å². The van der Waals surface area contributed by atoms with E-state index >= 15 is 0 Å². The van der Waals surface area contributed by atoms with Crippen LogP contribution < -0.4 is 5.32 Å². The third kappa shape index (κ3) is 1.55. The maximum atomic E-state index is 11.3. The molecule has 0 saturated carbocycles. The maximum Gasteiger partial charge on any atom is 0.228 e. The second kappa shape index (κ2) is 3.29. The number of rotatable bonds is 0. The van der Waals surface area contributed by atoms with E-state index in [4.69, 9.17) is 0 Å². The van der Waals surface area contributed by atoms with Crippen molar-refractivity contribution in [2.75, 3.05) is 0 Å². The molecular weight excluding hydrogens is 174 g/mol. The average molecular weight is 187 g/mol. The fourth-order valence-electron chi connectivity index (χ4n) is 1.65. The highest BCUT2D eigenvalue weighted by Gasteiger charge is 2.10. The second-order valence-corrected chi connectivity index (χ2v) is 3.71.